The van der Waals surface area contributed by atoms with Gasteiger partial charge < -0.3 is 14.6 Å². The molecule has 0 spiro atoms. The van der Waals surface area contributed by atoms with Crippen molar-refractivity contribution in [2.45, 2.75) is 26.1 Å². The van der Waals surface area contributed by atoms with Gasteiger partial charge in [0.25, 0.3) is 5.91 Å². The Labute approximate surface area is 202 Å². The topological polar surface area (TPSA) is 89.6 Å². The maximum atomic E-state index is 13.2. The molecule has 0 fully saturated rings. The first-order valence-electron chi connectivity index (χ1n) is 10.4. The maximum Gasteiger partial charge on any atom is 0.471 e. The number of nitrogens with zero attached hydrogens (tertiary/aromatic N) is 3. The average molecular weight is 511 g/mol. The van der Waals surface area contributed by atoms with Crippen molar-refractivity contribution in [3.8, 4) is 11.4 Å². The van der Waals surface area contributed by atoms with E-state index in [0.29, 0.717) is 11.5 Å². The molecule has 0 bridgehead atoms. The van der Waals surface area contributed by atoms with Gasteiger partial charge in [-0.3, -0.25) is 4.79 Å². The zero-order chi connectivity index (χ0) is 25.4. The fourth-order valence-electron chi connectivity index (χ4n) is 3.34. The molecule has 0 saturated heterocycles. The highest BCUT2D eigenvalue weighted by Gasteiger charge is 2.39. The number of hydrogen-bond donors (Lipinski definition) is 1. The molecule has 12 heteroatoms. The summed E-state index contributed by atoms with van der Waals surface area (Å²) in [6.45, 7) is 4.27. The number of ether oxygens (including phenoxy) is 1. The lowest BCUT2D eigenvalue weighted by molar-refractivity contribution is -0.159. The Morgan fingerprint density at radius 1 is 1.14 bits per heavy atom. The van der Waals surface area contributed by atoms with E-state index >= 15 is 0 Å². The number of aromatic nitrogens is 2. The first kappa shape index (κ1) is 24.6. The van der Waals surface area contributed by atoms with Gasteiger partial charge in [-0.25, -0.2) is 9.38 Å². The molecule has 1 unspecified atom stereocenters. The van der Waals surface area contributed by atoms with Crippen LogP contribution in [0.15, 0.2) is 52.0 Å². The van der Waals surface area contributed by atoms with Gasteiger partial charge >= 0.3 is 12.1 Å². The third kappa shape index (κ3) is 5.45. The Balaban J connectivity index is 1.45. The molecule has 0 radical (unpaired) electrons. The summed E-state index contributed by atoms with van der Waals surface area (Å²) < 4.78 is 61.3. The molecule has 0 aliphatic carbocycles. The van der Waals surface area contributed by atoms with Crippen LogP contribution in [-0.2, 0) is 10.9 Å². The molecule has 184 valence electrons. The molecule has 1 aliphatic rings. The van der Waals surface area contributed by atoms with E-state index in [1.165, 1.54) is 30.3 Å². The third-order valence-corrected chi connectivity index (χ3v) is 5.82. The van der Waals surface area contributed by atoms with Crippen LogP contribution in [0, 0.1) is 11.2 Å². The number of alkyl halides is 3. The van der Waals surface area contributed by atoms with Crippen LogP contribution in [0.3, 0.4) is 0 Å². The van der Waals surface area contributed by atoms with Crippen LogP contribution in [0.25, 0.3) is 11.4 Å². The number of hydrogen-bond acceptors (Lipinski definition) is 6. The minimum atomic E-state index is -4.79. The van der Waals surface area contributed by atoms with Crippen LogP contribution >= 0.6 is 11.6 Å². The molecule has 1 aliphatic heterocycles. The molecule has 2 heterocycles. The molecule has 1 amide bonds. The summed E-state index contributed by atoms with van der Waals surface area (Å²) >= 11 is 6.16. The molecule has 1 atom stereocenters. The Hall–Kier alpha value is -3.47. The first-order chi connectivity index (χ1) is 16.4. The SMILES string of the molecule is CC(C)(CNC(=O)c1cc(-c2noc(C(F)(F)F)n2)ccc1Cl)C1COC(c2ccc(F)cc2)=N1. The lowest BCUT2D eigenvalue weighted by Gasteiger charge is -2.28. The summed E-state index contributed by atoms with van der Waals surface area (Å²) in [6.07, 6.45) is -4.79. The van der Waals surface area contributed by atoms with Gasteiger partial charge in [-0.2, -0.15) is 18.2 Å². The van der Waals surface area contributed by atoms with Crippen molar-refractivity contribution < 1.29 is 31.6 Å². The lowest BCUT2D eigenvalue weighted by Crippen LogP contribution is -2.41. The number of nitrogens with one attached hydrogen (secondary N) is 1. The van der Waals surface area contributed by atoms with Gasteiger partial charge in [-0.1, -0.05) is 30.6 Å². The Bertz CT molecular complexity index is 1270. The minimum Gasteiger partial charge on any atom is -0.475 e. The number of aliphatic imine (C=N–C) groups is 1. The van der Waals surface area contributed by atoms with Crippen molar-refractivity contribution >= 4 is 23.4 Å². The van der Waals surface area contributed by atoms with Gasteiger partial charge in [-0.05, 0) is 42.5 Å². The highest BCUT2D eigenvalue weighted by molar-refractivity contribution is 6.34. The van der Waals surface area contributed by atoms with Crippen LogP contribution in [0.5, 0.6) is 0 Å². The Kier molecular flexibility index (Phi) is 6.54. The van der Waals surface area contributed by atoms with Crippen LogP contribution in [0.4, 0.5) is 17.6 Å². The predicted molar refractivity (Wildman–Crippen MR) is 119 cm³/mol. The van der Waals surface area contributed by atoms with Gasteiger partial charge in [0, 0.05) is 23.1 Å². The van der Waals surface area contributed by atoms with E-state index in [4.69, 9.17) is 16.3 Å². The quantitative estimate of drug-likeness (QED) is 0.463. The van der Waals surface area contributed by atoms with E-state index in [2.05, 4.69) is 25.0 Å². The van der Waals surface area contributed by atoms with E-state index in [1.54, 1.807) is 12.1 Å². The largest absolute Gasteiger partial charge is 0.475 e. The van der Waals surface area contributed by atoms with E-state index in [0.717, 1.165) is 0 Å². The minimum absolute atomic E-state index is 0.0384. The van der Waals surface area contributed by atoms with E-state index < -0.39 is 23.4 Å². The number of carbonyl (C=O) groups is 1. The number of benzene rings is 2. The third-order valence-electron chi connectivity index (χ3n) is 5.49. The van der Waals surface area contributed by atoms with Gasteiger partial charge in [0.05, 0.1) is 16.6 Å². The molecule has 7 nitrogen and oxygen atoms in total. The van der Waals surface area contributed by atoms with Gasteiger partial charge in [-0.15, -0.1) is 0 Å². The molecular formula is C23H19ClF4N4O3. The van der Waals surface area contributed by atoms with Gasteiger partial charge in [0.2, 0.25) is 11.7 Å². The fraction of sp³-hybridized carbons (Fsp3) is 0.304. The normalized spacial score (nSPS) is 16.1. The number of halogens is 5. The van der Waals surface area contributed by atoms with Gasteiger partial charge in [0.1, 0.15) is 12.4 Å². The predicted octanol–water partition coefficient (Wildman–Crippen LogP) is 5.15. The summed E-state index contributed by atoms with van der Waals surface area (Å²) in [4.78, 5) is 20.8. The molecule has 35 heavy (non-hydrogen) atoms. The maximum absolute atomic E-state index is 13.2. The molecule has 0 saturated carbocycles. The van der Waals surface area contributed by atoms with Gasteiger partial charge in [0.15, 0.2) is 0 Å². The van der Waals surface area contributed by atoms with Crippen molar-refractivity contribution in [1.82, 2.24) is 15.5 Å². The molecule has 2 aromatic carbocycles. The van der Waals surface area contributed by atoms with E-state index in [-0.39, 0.29) is 47.0 Å². The van der Waals surface area contributed by atoms with E-state index in [9.17, 15) is 22.4 Å². The monoisotopic (exact) mass is 510 g/mol. The smallest absolute Gasteiger partial charge is 0.471 e. The summed E-state index contributed by atoms with van der Waals surface area (Å²) in [5, 5.41) is 6.21. The number of rotatable bonds is 6. The highest BCUT2D eigenvalue weighted by Crippen LogP contribution is 2.31. The van der Waals surface area contributed by atoms with Crippen molar-refractivity contribution in [3.05, 3.63) is 70.3 Å². The molecule has 4 rings (SSSR count). The van der Waals surface area contributed by atoms with Crippen LogP contribution < -0.4 is 5.32 Å². The highest BCUT2D eigenvalue weighted by atomic mass is 35.5. The van der Waals surface area contributed by atoms with Crippen LogP contribution in [-0.4, -0.2) is 41.1 Å². The standard InChI is InChI=1S/C23H19ClF4N4O3/c1-22(2,17-10-34-20(30-17)12-3-6-14(25)7-4-12)11-29-19(33)15-9-13(5-8-16(15)24)18-31-21(35-32-18)23(26,27)28/h3-9,17H,10-11H2,1-2H3,(H,29,33). The second-order valence-electron chi connectivity index (χ2n) is 8.55. The average Bonchev–Trinajstić information content (AvgIpc) is 3.49. The van der Waals surface area contributed by atoms with E-state index in [1.807, 2.05) is 13.8 Å². The lowest BCUT2D eigenvalue weighted by atomic mass is 9.85. The number of amides is 1. The summed E-state index contributed by atoms with van der Waals surface area (Å²) in [5.41, 5.74) is 0.288. The van der Waals surface area contributed by atoms with Crippen molar-refractivity contribution in [2.75, 3.05) is 13.2 Å². The van der Waals surface area contributed by atoms with Crippen molar-refractivity contribution in [1.29, 1.82) is 0 Å². The Morgan fingerprint density at radius 2 is 1.83 bits per heavy atom. The van der Waals surface area contributed by atoms with Crippen LogP contribution in [0.2, 0.25) is 5.02 Å². The second kappa shape index (κ2) is 9.29. The Morgan fingerprint density at radius 3 is 2.49 bits per heavy atom. The zero-order valence-electron chi connectivity index (χ0n) is 18.5. The molecule has 3 aromatic rings. The summed E-state index contributed by atoms with van der Waals surface area (Å²) in [7, 11) is 0. The number of carbonyl (C=O) groups excluding carboxylic acids is 1. The second-order valence-corrected chi connectivity index (χ2v) is 8.96. The molecule has 1 aromatic heterocycles. The summed E-state index contributed by atoms with van der Waals surface area (Å²) in [6, 6.07) is 9.53. The zero-order valence-corrected chi connectivity index (χ0v) is 19.2. The fourth-order valence-corrected chi connectivity index (χ4v) is 3.54. The molecular weight excluding hydrogens is 492 g/mol. The van der Waals surface area contributed by atoms with Crippen LogP contribution in [0.1, 0.15) is 35.7 Å². The molecule has 1 N–H and O–H groups in total. The van der Waals surface area contributed by atoms with Crippen molar-refractivity contribution in [3.63, 3.8) is 0 Å². The summed E-state index contributed by atoms with van der Waals surface area (Å²) in [5.74, 6) is -2.33. The van der Waals surface area contributed by atoms with Crippen molar-refractivity contribution in [2.24, 2.45) is 10.4 Å². The first-order valence-corrected chi connectivity index (χ1v) is 10.8.